The fraction of sp³-hybridized carbons (Fsp3) is 0.316. The van der Waals surface area contributed by atoms with Crippen LogP contribution in [0.4, 0.5) is 23.7 Å². The molecule has 0 bridgehead atoms. The monoisotopic (exact) mass is 461 g/mol. The number of primary sulfonamides is 1. The number of hydrogen-bond donors (Lipinski definition) is 1. The standard InChI is InChI=1S/C19H19ClF3N3O3S/c20-15-5-7-16(8-6-15)26-17(13-3-1-4-14(11-13)19(21,22)23)12-25(18(26)27)9-2-10-30(24,28)29/h1,3-8,11,17H,2,9-10,12H2,(H2,24,28,29)/t17-/m1/s1. The van der Waals surface area contributed by atoms with Crippen molar-refractivity contribution in [2.24, 2.45) is 5.14 Å². The number of carbonyl (C=O) groups excluding carboxylic acids is 1. The molecule has 11 heteroatoms. The van der Waals surface area contributed by atoms with Gasteiger partial charge in [0, 0.05) is 23.8 Å². The van der Waals surface area contributed by atoms with Crippen LogP contribution in [0.5, 0.6) is 0 Å². The third-order valence-electron chi connectivity index (χ3n) is 4.74. The Hall–Kier alpha value is -2.30. The second kappa shape index (κ2) is 8.44. The van der Waals surface area contributed by atoms with Crippen molar-refractivity contribution in [3.8, 4) is 0 Å². The van der Waals surface area contributed by atoms with E-state index in [0.29, 0.717) is 16.3 Å². The van der Waals surface area contributed by atoms with Crippen molar-refractivity contribution in [2.75, 3.05) is 23.7 Å². The normalized spacial score (nSPS) is 17.6. The molecule has 0 aliphatic carbocycles. The lowest BCUT2D eigenvalue weighted by Crippen LogP contribution is -2.33. The molecule has 1 aliphatic heterocycles. The van der Waals surface area contributed by atoms with E-state index in [1.54, 1.807) is 24.3 Å². The molecule has 1 atom stereocenters. The Labute approximate surface area is 177 Å². The van der Waals surface area contributed by atoms with Crippen molar-refractivity contribution in [1.29, 1.82) is 0 Å². The van der Waals surface area contributed by atoms with Crippen LogP contribution in [-0.4, -0.2) is 38.2 Å². The Bertz CT molecular complexity index is 1030. The van der Waals surface area contributed by atoms with Crippen molar-refractivity contribution in [2.45, 2.75) is 18.6 Å². The number of carbonyl (C=O) groups is 1. The van der Waals surface area contributed by atoms with Crippen LogP contribution in [0.3, 0.4) is 0 Å². The van der Waals surface area contributed by atoms with Crippen LogP contribution in [-0.2, 0) is 16.2 Å². The molecule has 2 N–H and O–H groups in total. The van der Waals surface area contributed by atoms with Crippen molar-refractivity contribution < 1.29 is 26.4 Å². The molecule has 1 saturated heterocycles. The quantitative estimate of drug-likeness (QED) is 0.705. The summed E-state index contributed by atoms with van der Waals surface area (Å²) in [5.74, 6) is -0.300. The largest absolute Gasteiger partial charge is 0.416 e. The molecule has 0 aromatic heterocycles. The molecule has 0 saturated carbocycles. The van der Waals surface area contributed by atoms with Gasteiger partial charge in [0.1, 0.15) is 0 Å². The summed E-state index contributed by atoms with van der Waals surface area (Å²) in [6, 6.07) is 10.1. The highest BCUT2D eigenvalue weighted by Gasteiger charge is 2.40. The van der Waals surface area contributed by atoms with Gasteiger partial charge in [-0.25, -0.2) is 18.4 Å². The molecule has 0 radical (unpaired) electrons. The van der Waals surface area contributed by atoms with Crippen molar-refractivity contribution >= 4 is 33.3 Å². The molecule has 162 valence electrons. The van der Waals surface area contributed by atoms with Crippen molar-refractivity contribution in [3.63, 3.8) is 0 Å². The second-order valence-corrected chi connectivity index (χ2v) is 9.10. The van der Waals surface area contributed by atoms with Crippen LogP contribution < -0.4 is 10.0 Å². The maximum Gasteiger partial charge on any atom is 0.416 e. The van der Waals surface area contributed by atoms with Crippen molar-refractivity contribution in [1.82, 2.24) is 4.90 Å². The van der Waals surface area contributed by atoms with Crippen LogP contribution in [0.25, 0.3) is 0 Å². The Kier molecular flexibility index (Phi) is 6.30. The van der Waals surface area contributed by atoms with E-state index in [0.717, 1.165) is 12.1 Å². The van der Waals surface area contributed by atoms with Crippen LogP contribution in [0, 0.1) is 0 Å². The predicted octanol–water partition coefficient (Wildman–Crippen LogP) is 4.02. The number of sulfonamides is 1. The summed E-state index contributed by atoms with van der Waals surface area (Å²) in [6.07, 6.45) is -4.40. The minimum atomic E-state index is -4.51. The Morgan fingerprint density at radius 1 is 1.13 bits per heavy atom. The summed E-state index contributed by atoms with van der Waals surface area (Å²) in [5.41, 5.74) is -0.0148. The third-order valence-corrected chi connectivity index (χ3v) is 5.85. The predicted molar refractivity (Wildman–Crippen MR) is 108 cm³/mol. The number of hydrogen-bond acceptors (Lipinski definition) is 3. The molecule has 3 rings (SSSR count). The van der Waals surface area contributed by atoms with E-state index >= 15 is 0 Å². The SMILES string of the molecule is NS(=O)(=O)CCCN1C[C@H](c2cccc(C(F)(F)F)c2)N(c2ccc(Cl)cc2)C1=O. The number of alkyl halides is 3. The number of nitrogens with zero attached hydrogens (tertiary/aromatic N) is 2. The van der Waals surface area contributed by atoms with E-state index in [4.69, 9.17) is 16.7 Å². The fourth-order valence-corrected chi connectivity index (χ4v) is 4.02. The van der Waals surface area contributed by atoms with Crippen LogP contribution >= 0.6 is 11.6 Å². The highest BCUT2D eigenvalue weighted by atomic mass is 35.5. The molecule has 2 amide bonds. The molecule has 0 unspecified atom stereocenters. The lowest BCUT2D eigenvalue weighted by molar-refractivity contribution is -0.137. The van der Waals surface area contributed by atoms with Gasteiger partial charge in [0.15, 0.2) is 0 Å². The van der Waals surface area contributed by atoms with E-state index < -0.39 is 33.8 Å². The van der Waals surface area contributed by atoms with Gasteiger partial charge in [-0.3, -0.25) is 4.90 Å². The van der Waals surface area contributed by atoms with Gasteiger partial charge in [0.25, 0.3) is 0 Å². The first-order valence-corrected chi connectivity index (χ1v) is 11.1. The number of anilines is 1. The molecule has 2 aromatic carbocycles. The molecule has 1 aliphatic rings. The van der Waals surface area contributed by atoms with E-state index in [2.05, 4.69) is 0 Å². The van der Waals surface area contributed by atoms with Gasteiger partial charge in [-0.1, -0.05) is 23.7 Å². The van der Waals surface area contributed by atoms with Gasteiger partial charge in [-0.05, 0) is 48.4 Å². The van der Waals surface area contributed by atoms with Crippen LogP contribution in [0.2, 0.25) is 5.02 Å². The summed E-state index contributed by atoms with van der Waals surface area (Å²) in [5, 5.41) is 5.45. The molecular weight excluding hydrogens is 443 g/mol. The number of halogens is 4. The van der Waals surface area contributed by atoms with E-state index in [9.17, 15) is 26.4 Å². The van der Waals surface area contributed by atoms with E-state index in [1.807, 2.05) is 0 Å². The molecule has 6 nitrogen and oxygen atoms in total. The van der Waals surface area contributed by atoms with Gasteiger partial charge in [0.2, 0.25) is 10.0 Å². The van der Waals surface area contributed by atoms with Crippen LogP contribution in [0.15, 0.2) is 48.5 Å². The zero-order chi connectivity index (χ0) is 22.1. The number of urea groups is 1. The van der Waals surface area contributed by atoms with Gasteiger partial charge in [-0.2, -0.15) is 13.2 Å². The maximum absolute atomic E-state index is 13.2. The summed E-state index contributed by atoms with van der Waals surface area (Å²) in [6.45, 7) is 0.211. The summed E-state index contributed by atoms with van der Waals surface area (Å²) in [7, 11) is -3.68. The minimum absolute atomic E-state index is 0.105. The van der Waals surface area contributed by atoms with Gasteiger partial charge in [0.05, 0.1) is 17.4 Å². The minimum Gasteiger partial charge on any atom is -0.322 e. The Morgan fingerprint density at radius 2 is 1.80 bits per heavy atom. The first-order chi connectivity index (χ1) is 14.0. The topological polar surface area (TPSA) is 83.7 Å². The fourth-order valence-electron chi connectivity index (χ4n) is 3.37. The van der Waals surface area contributed by atoms with E-state index in [-0.39, 0.29) is 25.3 Å². The van der Waals surface area contributed by atoms with E-state index in [1.165, 1.54) is 21.9 Å². The Morgan fingerprint density at radius 3 is 2.40 bits per heavy atom. The molecule has 1 fully saturated rings. The first-order valence-electron chi connectivity index (χ1n) is 8.97. The zero-order valence-electron chi connectivity index (χ0n) is 15.6. The smallest absolute Gasteiger partial charge is 0.322 e. The lowest BCUT2D eigenvalue weighted by Gasteiger charge is -2.24. The highest BCUT2D eigenvalue weighted by molar-refractivity contribution is 7.89. The maximum atomic E-state index is 13.2. The van der Waals surface area contributed by atoms with Gasteiger partial charge < -0.3 is 4.90 Å². The second-order valence-electron chi connectivity index (χ2n) is 6.93. The molecular formula is C19H19ClF3N3O3S. The number of amides is 2. The summed E-state index contributed by atoms with van der Waals surface area (Å²) in [4.78, 5) is 15.8. The van der Waals surface area contributed by atoms with Crippen LogP contribution in [0.1, 0.15) is 23.6 Å². The average Bonchev–Trinajstić information content (AvgIpc) is 2.97. The Balaban J connectivity index is 1.94. The first kappa shape index (κ1) is 22.4. The van der Waals surface area contributed by atoms with Crippen molar-refractivity contribution in [3.05, 3.63) is 64.7 Å². The lowest BCUT2D eigenvalue weighted by atomic mass is 10.0. The zero-order valence-corrected chi connectivity index (χ0v) is 17.2. The average molecular weight is 462 g/mol. The summed E-state index contributed by atoms with van der Waals surface area (Å²) < 4.78 is 61.9. The number of nitrogens with two attached hydrogens (primary N) is 1. The number of rotatable bonds is 6. The number of benzene rings is 2. The third kappa shape index (κ3) is 5.24. The van der Waals surface area contributed by atoms with Gasteiger partial charge >= 0.3 is 12.2 Å². The molecule has 30 heavy (non-hydrogen) atoms. The molecule has 2 aromatic rings. The summed E-state index contributed by atoms with van der Waals surface area (Å²) >= 11 is 5.91. The molecule has 1 heterocycles. The molecule has 0 spiro atoms. The highest BCUT2D eigenvalue weighted by Crippen LogP contribution is 2.37. The van der Waals surface area contributed by atoms with Gasteiger partial charge in [-0.15, -0.1) is 0 Å².